The fraction of sp³-hybridized carbons (Fsp3) is 0.400. The maximum Gasteiger partial charge on any atom is 0.236 e. The van der Waals surface area contributed by atoms with Gasteiger partial charge in [0.1, 0.15) is 0 Å². The maximum absolute atomic E-state index is 10.8. The summed E-state index contributed by atoms with van der Waals surface area (Å²) in [5.74, 6) is -0.588. The highest BCUT2D eigenvalue weighted by Crippen LogP contribution is 2.10. The Morgan fingerprint density at radius 2 is 1.80 bits per heavy atom. The van der Waals surface area contributed by atoms with Crippen molar-refractivity contribution in [1.82, 2.24) is 4.90 Å². The van der Waals surface area contributed by atoms with Crippen LogP contribution >= 0.6 is 12.2 Å². The second kappa shape index (κ2) is 2.34. The molecule has 2 amide bonds. The molecule has 1 aliphatic rings. The lowest BCUT2D eigenvalue weighted by atomic mass is 10.4. The predicted octanol–water partition coefficient (Wildman–Crippen LogP) is -0.621. The lowest BCUT2D eigenvalue weighted by Gasteiger charge is -2.08. The third-order valence-corrected chi connectivity index (χ3v) is 1.45. The Kier molecular flexibility index (Phi) is 1.67. The zero-order chi connectivity index (χ0) is 7.72. The topological polar surface area (TPSA) is 63.4 Å². The van der Waals surface area contributed by atoms with Crippen molar-refractivity contribution >= 4 is 29.1 Å². The van der Waals surface area contributed by atoms with E-state index in [9.17, 15) is 9.59 Å². The first-order valence-electron chi connectivity index (χ1n) is 2.78. The molecule has 0 spiro atoms. The molecule has 1 rings (SSSR count). The molecule has 54 valence electrons. The smallest absolute Gasteiger partial charge is 0.236 e. The van der Waals surface area contributed by atoms with Crippen LogP contribution in [0.4, 0.5) is 0 Å². The average molecular weight is 158 g/mol. The predicted molar refractivity (Wildman–Crippen MR) is 37.9 cm³/mol. The van der Waals surface area contributed by atoms with Crippen LogP contribution in [0.1, 0.15) is 12.8 Å². The summed E-state index contributed by atoms with van der Waals surface area (Å²) in [6, 6.07) is 0. The Bertz CT molecular complexity index is 198. The van der Waals surface area contributed by atoms with E-state index in [1.807, 2.05) is 0 Å². The molecule has 2 N–H and O–H groups in total. The van der Waals surface area contributed by atoms with Crippen LogP contribution in [0, 0.1) is 0 Å². The Balaban J connectivity index is 2.82. The molecular weight excluding hydrogens is 152 g/mol. The van der Waals surface area contributed by atoms with Crippen molar-refractivity contribution in [3.8, 4) is 0 Å². The Hall–Kier alpha value is -0.970. The molecule has 0 saturated carbocycles. The summed E-state index contributed by atoms with van der Waals surface area (Å²) in [7, 11) is 0. The molecular formula is C5H6N2O2S. The number of thiocarbonyl (C=S) groups is 1. The molecule has 5 heteroatoms. The number of carbonyl (C=O) groups is 2. The summed E-state index contributed by atoms with van der Waals surface area (Å²) in [5.41, 5.74) is 5.09. The van der Waals surface area contributed by atoms with Crippen LogP contribution in [0.2, 0.25) is 0 Å². The fourth-order valence-electron chi connectivity index (χ4n) is 0.822. The molecule has 4 nitrogen and oxygen atoms in total. The van der Waals surface area contributed by atoms with Gasteiger partial charge in [0.2, 0.25) is 11.8 Å². The van der Waals surface area contributed by atoms with E-state index in [0.717, 1.165) is 4.90 Å². The number of imide groups is 1. The van der Waals surface area contributed by atoms with Crippen LogP contribution in [0.15, 0.2) is 0 Å². The average Bonchev–Trinajstić information content (AvgIpc) is 2.11. The van der Waals surface area contributed by atoms with Gasteiger partial charge in [-0.25, -0.2) is 4.90 Å². The normalized spacial score (nSPS) is 18.2. The van der Waals surface area contributed by atoms with Crippen molar-refractivity contribution in [1.29, 1.82) is 0 Å². The highest BCUT2D eigenvalue weighted by Gasteiger charge is 2.30. The molecule has 10 heavy (non-hydrogen) atoms. The zero-order valence-corrected chi connectivity index (χ0v) is 5.98. The van der Waals surface area contributed by atoms with Gasteiger partial charge in [-0.3, -0.25) is 9.59 Å². The van der Waals surface area contributed by atoms with Gasteiger partial charge in [-0.1, -0.05) is 0 Å². The highest BCUT2D eigenvalue weighted by atomic mass is 32.1. The molecule has 0 atom stereocenters. The summed E-state index contributed by atoms with van der Waals surface area (Å²) in [4.78, 5) is 22.4. The van der Waals surface area contributed by atoms with Gasteiger partial charge in [0.15, 0.2) is 5.11 Å². The minimum absolute atomic E-state index is 0.146. The van der Waals surface area contributed by atoms with E-state index in [-0.39, 0.29) is 29.8 Å². The fourth-order valence-corrected chi connectivity index (χ4v) is 1.03. The Morgan fingerprint density at radius 1 is 1.40 bits per heavy atom. The number of hydrogen-bond donors (Lipinski definition) is 1. The summed E-state index contributed by atoms with van der Waals surface area (Å²) < 4.78 is 0. The van der Waals surface area contributed by atoms with E-state index < -0.39 is 0 Å². The molecule has 1 saturated heterocycles. The van der Waals surface area contributed by atoms with Crippen molar-refractivity contribution in [3.63, 3.8) is 0 Å². The van der Waals surface area contributed by atoms with Gasteiger partial charge >= 0.3 is 0 Å². The minimum Gasteiger partial charge on any atom is -0.375 e. The molecule has 1 aliphatic heterocycles. The first kappa shape index (κ1) is 7.14. The number of nitrogens with zero attached hydrogens (tertiary/aromatic N) is 1. The van der Waals surface area contributed by atoms with Crippen molar-refractivity contribution in [2.45, 2.75) is 12.8 Å². The van der Waals surface area contributed by atoms with Gasteiger partial charge in [0, 0.05) is 12.8 Å². The molecule has 0 unspecified atom stereocenters. The third kappa shape index (κ3) is 0.995. The van der Waals surface area contributed by atoms with E-state index in [1.54, 1.807) is 0 Å². The lowest BCUT2D eigenvalue weighted by Crippen LogP contribution is -2.39. The van der Waals surface area contributed by atoms with Gasteiger partial charge in [0.05, 0.1) is 0 Å². The van der Waals surface area contributed by atoms with E-state index in [4.69, 9.17) is 5.73 Å². The summed E-state index contributed by atoms with van der Waals surface area (Å²) in [5, 5.41) is -0.146. The largest absolute Gasteiger partial charge is 0.375 e. The van der Waals surface area contributed by atoms with Crippen molar-refractivity contribution in [3.05, 3.63) is 0 Å². The van der Waals surface area contributed by atoms with Crippen LogP contribution < -0.4 is 5.73 Å². The standard InChI is InChI=1S/C5H6N2O2S/c6-5(10)7-3(8)1-2-4(7)9/h1-2H2,(H2,6,10). The van der Waals surface area contributed by atoms with Crippen molar-refractivity contribution in [2.75, 3.05) is 0 Å². The number of hydrogen-bond acceptors (Lipinski definition) is 3. The van der Waals surface area contributed by atoms with E-state index in [2.05, 4.69) is 12.2 Å². The summed E-state index contributed by atoms with van der Waals surface area (Å²) in [6.07, 6.45) is 0.465. The first-order valence-corrected chi connectivity index (χ1v) is 3.19. The highest BCUT2D eigenvalue weighted by molar-refractivity contribution is 7.80. The molecule has 0 aliphatic carbocycles. The first-order chi connectivity index (χ1) is 4.63. The third-order valence-electron chi connectivity index (χ3n) is 1.27. The maximum atomic E-state index is 10.8. The second-order valence-corrected chi connectivity index (χ2v) is 2.38. The quantitative estimate of drug-likeness (QED) is 0.377. The molecule has 0 radical (unpaired) electrons. The number of nitrogens with two attached hydrogens (primary N) is 1. The SMILES string of the molecule is NC(=S)N1C(=O)CCC1=O. The van der Waals surface area contributed by atoms with Gasteiger partial charge in [-0.15, -0.1) is 0 Å². The second-order valence-electron chi connectivity index (χ2n) is 1.96. The number of rotatable bonds is 0. The van der Waals surface area contributed by atoms with Crippen LogP contribution in [0.3, 0.4) is 0 Å². The Morgan fingerprint density at radius 3 is 2.00 bits per heavy atom. The molecule has 0 aromatic rings. The zero-order valence-electron chi connectivity index (χ0n) is 5.16. The van der Waals surface area contributed by atoms with Crippen LogP contribution in [-0.2, 0) is 9.59 Å². The number of amides is 2. The van der Waals surface area contributed by atoms with Gasteiger partial charge < -0.3 is 5.73 Å². The van der Waals surface area contributed by atoms with Crippen LogP contribution in [0.5, 0.6) is 0 Å². The van der Waals surface area contributed by atoms with Gasteiger partial charge in [0.25, 0.3) is 0 Å². The number of carbonyl (C=O) groups excluding carboxylic acids is 2. The van der Waals surface area contributed by atoms with E-state index >= 15 is 0 Å². The Labute approximate surface area is 63.0 Å². The lowest BCUT2D eigenvalue weighted by molar-refractivity contribution is -0.133. The molecule has 1 fully saturated rings. The van der Waals surface area contributed by atoms with Crippen LogP contribution in [0.25, 0.3) is 0 Å². The van der Waals surface area contributed by atoms with E-state index in [1.165, 1.54) is 0 Å². The molecule has 0 bridgehead atoms. The monoisotopic (exact) mass is 158 g/mol. The van der Waals surface area contributed by atoms with Crippen molar-refractivity contribution in [2.24, 2.45) is 5.73 Å². The van der Waals surface area contributed by atoms with Crippen molar-refractivity contribution < 1.29 is 9.59 Å². The summed E-state index contributed by atoms with van der Waals surface area (Å²) >= 11 is 4.47. The number of likely N-dealkylation sites (tertiary alicyclic amines) is 1. The summed E-state index contributed by atoms with van der Waals surface area (Å²) in [6.45, 7) is 0. The van der Waals surface area contributed by atoms with Gasteiger partial charge in [-0.05, 0) is 12.2 Å². The van der Waals surface area contributed by atoms with Crippen LogP contribution in [-0.4, -0.2) is 21.8 Å². The molecule has 1 heterocycles. The minimum atomic E-state index is -0.294. The molecule has 0 aromatic carbocycles. The van der Waals surface area contributed by atoms with E-state index in [0.29, 0.717) is 0 Å². The van der Waals surface area contributed by atoms with Gasteiger partial charge in [-0.2, -0.15) is 0 Å². The molecule has 0 aromatic heterocycles.